The van der Waals surface area contributed by atoms with Gasteiger partial charge in [-0.2, -0.15) is 0 Å². The van der Waals surface area contributed by atoms with E-state index in [4.69, 9.17) is 0 Å². The van der Waals surface area contributed by atoms with Gasteiger partial charge in [0, 0.05) is 12.1 Å². The summed E-state index contributed by atoms with van der Waals surface area (Å²) in [4.78, 5) is 25.0. The summed E-state index contributed by atoms with van der Waals surface area (Å²) in [5.74, 6) is -0.133. The number of amides is 2. The van der Waals surface area contributed by atoms with E-state index in [0.29, 0.717) is 6.42 Å². The average Bonchev–Trinajstić information content (AvgIpc) is 2.51. The highest BCUT2D eigenvalue weighted by atomic mass is 16.2. The van der Waals surface area contributed by atoms with Crippen molar-refractivity contribution in [2.24, 2.45) is 5.92 Å². The Kier molecular flexibility index (Phi) is 6.34. The maximum Gasteiger partial charge on any atom is 0.251 e. The van der Waals surface area contributed by atoms with Crippen molar-refractivity contribution in [1.29, 1.82) is 0 Å². The molecule has 0 fully saturated rings. The van der Waals surface area contributed by atoms with Crippen molar-refractivity contribution in [2.45, 2.75) is 40.2 Å². The Balaban J connectivity index is 2.21. The van der Waals surface area contributed by atoms with Crippen LogP contribution in [0.4, 0.5) is 5.69 Å². The minimum Gasteiger partial charge on any atom is -0.341 e. The lowest BCUT2D eigenvalue weighted by molar-refractivity contribution is -0.127. The van der Waals surface area contributed by atoms with Gasteiger partial charge in [0.2, 0.25) is 5.91 Å². The first-order valence-electron chi connectivity index (χ1n) is 8.58. The predicted octanol–water partition coefficient (Wildman–Crippen LogP) is 4.15. The fraction of sp³-hybridized carbons (Fsp3) is 0.333. The Morgan fingerprint density at radius 1 is 0.960 bits per heavy atom. The molecule has 25 heavy (non-hydrogen) atoms. The number of aryl methyl sites for hydroxylation is 2. The van der Waals surface area contributed by atoms with E-state index in [1.165, 1.54) is 0 Å². The summed E-state index contributed by atoms with van der Waals surface area (Å²) < 4.78 is 0. The molecule has 2 aromatic carbocycles. The molecule has 0 heterocycles. The molecular weight excluding hydrogens is 312 g/mol. The minimum absolute atomic E-state index is 0.126. The average molecular weight is 338 g/mol. The van der Waals surface area contributed by atoms with Crippen molar-refractivity contribution in [3.05, 3.63) is 65.2 Å². The molecule has 1 atom stereocenters. The molecule has 2 N–H and O–H groups in total. The van der Waals surface area contributed by atoms with Gasteiger partial charge in [-0.05, 0) is 48.6 Å². The molecule has 0 aliphatic heterocycles. The highest BCUT2D eigenvalue weighted by molar-refractivity contribution is 5.98. The standard InChI is InChI=1S/C21H26N2O2/c1-14(2)10-19(24)23-20(17-8-6-5-7-9-17)21(25)22-18-12-15(3)11-16(4)13-18/h5-9,11-14,20H,10H2,1-4H3,(H,22,25)(H,23,24). The lowest BCUT2D eigenvalue weighted by Crippen LogP contribution is -2.37. The van der Waals surface area contributed by atoms with Crippen LogP contribution in [0.5, 0.6) is 0 Å². The SMILES string of the molecule is Cc1cc(C)cc(NC(=O)C(NC(=O)CC(C)C)c2ccccc2)c1. The molecule has 0 aromatic heterocycles. The topological polar surface area (TPSA) is 58.2 Å². The third-order valence-electron chi connectivity index (χ3n) is 3.78. The maximum absolute atomic E-state index is 12.8. The van der Waals surface area contributed by atoms with Crippen LogP contribution < -0.4 is 10.6 Å². The molecule has 2 amide bonds. The first-order valence-corrected chi connectivity index (χ1v) is 8.58. The van der Waals surface area contributed by atoms with E-state index >= 15 is 0 Å². The van der Waals surface area contributed by atoms with Crippen molar-refractivity contribution >= 4 is 17.5 Å². The van der Waals surface area contributed by atoms with Crippen LogP contribution in [-0.2, 0) is 9.59 Å². The van der Waals surface area contributed by atoms with Gasteiger partial charge in [-0.25, -0.2) is 0 Å². The Hall–Kier alpha value is -2.62. The minimum atomic E-state index is -0.715. The molecule has 2 aromatic rings. The molecule has 0 aliphatic rings. The number of rotatable bonds is 6. The number of hydrogen-bond donors (Lipinski definition) is 2. The molecule has 2 rings (SSSR count). The molecular formula is C21H26N2O2. The van der Waals surface area contributed by atoms with Crippen molar-refractivity contribution in [2.75, 3.05) is 5.32 Å². The zero-order valence-corrected chi connectivity index (χ0v) is 15.3. The Labute approximate surface area is 149 Å². The van der Waals surface area contributed by atoms with Gasteiger partial charge in [-0.1, -0.05) is 50.2 Å². The van der Waals surface area contributed by atoms with Gasteiger partial charge in [0.1, 0.15) is 6.04 Å². The molecule has 1 unspecified atom stereocenters. The van der Waals surface area contributed by atoms with Crippen molar-refractivity contribution in [3.8, 4) is 0 Å². The predicted molar refractivity (Wildman–Crippen MR) is 101 cm³/mol. The summed E-state index contributed by atoms with van der Waals surface area (Å²) in [6.07, 6.45) is 0.389. The van der Waals surface area contributed by atoms with Gasteiger partial charge in [0.05, 0.1) is 0 Å². The first kappa shape index (κ1) is 18.7. The van der Waals surface area contributed by atoms with Gasteiger partial charge in [-0.15, -0.1) is 0 Å². The highest BCUT2D eigenvalue weighted by Crippen LogP contribution is 2.19. The number of nitrogens with one attached hydrogen (secondary N) is 2. The lowest BCUT2D eigenvalue weighted by atomic mass is 10.0. The summed E-state index contributed by atoms with van der Waals surface area (Å²) in [6, 6.07) is 14.5. The maximum atomic E-state index is 12.8. The second kappa shape index (κ2) is 8.47. The molecule has 4 nitrogen and oxygen atoms in total. The van der Waals surface area contributed by atoms with E-state index < -0.39 is 6.04 Å². The zero-order valence-electron chi connectivity index (χ0n) is 15.3. The van der Waals surface area contributed by atoms with Crippen LogP contribution in [0.25, 0.3) is 0 Å². The molecule has 0 aliphatic carbocycles. The van der Waals surface area contributed by atoms with Gasteiger partial charge in [-0.3, -0.25) is 9.59 Å². The van der Waals surface area contributed by atoms with Crippen LogP contribution in [0.3, 0.4) is 0 Å². The Morgan fingerprint density at radius 2 is 1.56 bits per heavy atom. The molecule has 0 radical (unpaired) electrons. The van der Waals surface area contributed by atoms with Crippen LogP contribution in [0, 0.1) is 19.8 Å². The summed E-state index contributed by atoms with van der Waals surface area (Å²) in [6.45, 7) is 7.93. The number of carbonyl (C=O) groups excluding carboxylic acids is 2. The second-order valence-corrected chi connectivity index (χ2v) is 6.87. The van der Waals surface area contributed by atoms with E-state index in [1.807, 2.05) is 70.2 Å². The van der Waals surface area contributed by atoms with Gasteiger partial charge in [0.25, 0.3) is 5.91 Å². The monoisotopic (exact) mass is 338 g/mol. The van der Waals surface area contributed by atoms with Crippen LogP contribution in [0.15, 0.2) is 48.5 Å². The Bertz CT molecular complexity index is 719. The fourth-order valence-corrected chi connectivity index (χ4v) is 2.80. The third kappa shape index (κ3) is 5.75. The summed E-state index contributed by atoms with van der Waals surface area (Å²) in [5, 5.41) is 5.79. The van der Waals surface area contributed by atoms with Gasteiger partial charge >= 0.3 is 0 Å². The molecule has 0 bridgehead atoms. The second-order valence-electron chi connectivity index (χ2n) is 6.87. The fourth-order valence-electron chi connectivity index (χ4n) is 2.80. The van der Waals surface area contributed by atoms with E-state index in [9.17, 15) is 9.59 Å². The molecule has 0 spiro atoms. The quantitative estimate of drug-likeness (QED) is 0.831. The zero-order chi connectivity index (χ0) is 18.4. The largest absolute Gasteiger partial charge is 0.341 e. The van der Waals surface area contributed by atoms with Crippen LogP contribution in [0.2, 0.25) is 0 Å². The van der Waals surface area contributed by atoms with E-state index in [-0.39, 0.29) is 17.7 Å². The van der Waals surface area contributed by atoms with E-state index in [0.717, 1.165) is 22.4 Å². The van der Waals surface area contributed by atoms with E-state index in [2.05, 4.69) is 16.7 Å². The summed E-state index contributed by atoms with van der Waals surface area (Å²) in [7, 11) is 0. The van der Waals surface area contributed by atoms with Crippen molar-refractivity contribution in [3.63, 3.8) is 0 Å². The number of hydrogen-bond acceptors (Lipinski definition) is 2. The molecule has 0 saturated carbocycles. The van der Waals surface area contributed by atoms with Crippen molar-refractivity contribution in [1.82, 2.24) is 5.32 Å². The summed E-state index contributed by atoms with van der Waals surface area (Å²) >= 11 is 0. The Morgan fingerprint density at radius 3 is 2.12 bits per heavy atom. The van der Waals surface area contributed by atoms with Crippen molar-refractivity contribution < 1.29 is 9.59 Å². The smallest absolute Gasteiger partial charge is 0.251 e. The lowest BCUT2D eigenvalue weighted by Gasteiger charge is -2.20. The normalized spacial score (nSPS) is 11.9. The van der Waals surface area contributed by atoms with Crippen LogP contribution >= 0.6 is 0 Å². The molecule has 4 heteroatoms. The molecule has 132 valence electrons. The van der Waals surface area contributed by atoms with Gasteiger partial charge in [0.15, 0.2) is 0 Å². The number of anilines is 1. The summed E-state index contributed by atoms with van der Waals surface area (Å²) in [5.41, 5.74) is 3.66. The van der Waals surface area contributed by atoms with Gasteiger partial charge < -0.3 is 10.6 Å². The number of benzene rings is 2. The third-order valence-corrected chi connectivity index (χ3v) is 3.78. The highest BCUT2D eigenvalue weighted by Gasteiger charge is 2.23. The van der Waals surface area contributed by atoms with Crippen LogP contribution in [0.1, 0.15) is 43.0 Å². The molecule has 0 saturated heterocycles. The van der Waals surface area contributed by atoms with Crippen LogP contribution in [-0.4, -0.2) is 11.8 Å². The first-order chi connectivity index (χ1) is 11.8. The van der Waals surface area contributed by atoms with E-state index in [1.54, 1.807) is 0 Å². The number of carbonyl (C=O) groups is 2.